The summed E-state index contributed by atoms with van der Waals surface area (Å²) >= 11 is 17.6. The molecule has 1 aromatic carbocycles. The molecule has 0 unspecified atom stereocenters. The molecule has 1 N–H and O–H groups in total. The lowest BCUT2D eigenvalue weighted by Crippen LogP contribution is -2.13. The van der Waals surface area contributed by atoms with Crippen molar-refractivity contribution in [1.29, 1.82) is 0 Å². The van der Waals surface area contributed by atoms with E-state index in [1.54, 1.807) is 19.1 Å². The third kappa shape index (κ3) is 4.84. The van der Waals surface area contributed by atoms with Crippen molar-refractivity contribution in [3.05, 3.63) is 27.2 Å². The number of rotatable bonds is 6. The second kappa shape index (κ2) is 6.85. The molecular weight excluding hydrogens is 317 g/mol. The summed E-state index contributed by atoms with van der Waals surface area (Å²) < 4.78 is 22.6. The Hall–Kier alpha value is -0.160. The van der Waals surface area contributed by atoms with E-state index in [-0.39, 0.29) is 11.5 Å². The van der Waals surface area contributed by atoms with E-state index >= 15 is 0 Å². The normalized spacial score (nSPS) is 11.6. The van der Waals surface area contributed by atoms with Crippen LogP contribution in [0.1, 0.15) is 13.3 Å². The van der Waals surface area contributed by atoms with Crippen LogP contribution >= 0.6 is 34.8 Å². The van der Waals surface area contributed by atoms with Gasteiger partial charge in [-0.1, -0.05) is 41.7 Å². The van der Waals surface area contributed by atoms with Crippen molar-refractivity contribution < 1.29 is 8.42 Å². The zero-order valence-corrected chi connectivity index (χ0v) is 12.9. The molecule has 0 aromatic heterocycles. The summed E-state index contributed by atoms with van der Waals surface area (Å²) in [5, 5.41) is 4.30. The number of hydrogen-bond donors (Lipinski definition) is 1. The summed E-state index contributed by atoms with van der Waals surface area (Å²) in [5.41, 5.74) is 0.653. The molecule has 0 radical (unpaired) electrons. The predicted molar refractivity (Wildman–Crippen MR) is 78.9 cm³/mol. The third-order valence-corrected chi connectivity index (χ3v) is 5.22. The first-order valence-electron chi connectivity index (χ1n) is 5.44. The molecule has 0 amide bonds. The summed E-state index contributed by atoms with van der Waals surface area (Å²) in [6.45, 7) is 2.15. The average Bonchev–Trinajstić information content (AvgIpc) is 2.31. The zero-order valence-electron chi connectivity index (χ0n) is 9.84. The van der Waals surface area contributed by atoms with E-state index in [0.29, 0.717) is 33.7 Å². The Balaban J connectivity index is 2.52. The molecule has 0 atom stereocenters. The maximum absolute atomic E-state index is 11.3. The van der Waals surface area contributed by atoms with Gasteiger partial charge in [0.2, 0.25) is 0 Å². The van der Waals surface area contributed by atoms with Crippen molar-refractivity contribution in [2.24, 2.45) is 0 Å². The Morgan fingerprint density at radius 1 is 1.11 bits per heavy atom. The fourth-order valence-electron chi connectivity index (χ4n) is 1.32. The Morgan fingerprint density at radius 2 is 1.72 bits per heavy atom. The van der Waals surface area contributed by atoms with Crippen LogP contribution in [0.5, 0.6) is 0 Å². The third-order valence-electron chi connectivity index (χ3n) is 2.40. The van der Waals surface area contributed by atoms with Crippen molar-refractivity contribution in [1.82, 2.24) is 0 Å². The molecule has 1 rings (SSSR count). The van der Waals surface area contributed by atoms with E-state index in [4.69, 9.17) is 34.8 Å². The molecule has 0 spiro atoms. The minimum Gasteiger partial charge on any atom is -0.384 e. The predicted octanol–water partition coefficient (Wildman–Crippen LogP) is 3.88. The van der Waals surface area contributed by atoms with Crippen molar-refractivity contribution in [3.8, 4) is 0 Å². The lowest BCUT2D eigenvalue weighted by Gasteiger charge is -2.09. The quantitative estimate of drug-likeness (QED) is 0.636. The molecule has 0 heterocycles. The van der Waals surface area contributed by atoms with Gasteiger partial charge in [0.05, 0.1) is 26.5 Å². The first-order valence-corrected chi connectivity index (χ1v) is 8.40. The van der Waals surface area contributed by atoms with Gasteiger partial charge in [-0.3, -0.25) is 0 Å². The van der Waals surface area contributed by atoms with Crippen LogP contribution in [0.4, 0.5) is 5.69 Å². The van der Waals surface area contributed by atoms with Crippen LogP contribution in [0.3, 0.4) is 0 Å². The van der Waals surface area contributed by atoms with E-state index in [2.05, 4.69) is 5.32 Å². The highest BCUT2D eigenvalue weighted by Gasteiger charge is 2.08. The molecule has 18 heavy (non-hydrogen) atoms. The van der Waals surface area contributed by atoms with Gasteiger partial charge in [0.1, 0.15) is 9.84 Å². The fraction of sp³-hybridized carbons (Fsp3) is 0.455. The number of halogens is 3. The highest BCUT2D eigenvalue weighted by molar-refractivity contribution is 7.91. The van der Waals surface area contributed by atoms with Crippen LogP contribution in [-0.2, 0) is 9.84 Å². The molecular formula is C11H14Cl3NO2S. The maximum Gasteiger partial charge on any atom is 0.150 e. The number of anilines is 1. The van der Waals surface area contributed by atoms with E-state index in [1.165, 1.54) is 0 Å². The van der Waals surface area contributed by atoms with Gasteiger partial charge in [-0.25, -0.2) is 8.42 Å². The number of hydrogen-bond acceptors (Lipinski definition) is 3. The second-order valence-electron chi connectivity index (χ2n) is 3.76. The Bertz CT molecular complexity index is 517. The lowest BCUT2D eigenvalue weighted by molar-refractivity contribution is 0.595. The summed E-state index contributed by atoms with van der Waals surface area (Å²) in [7, 11) is -2.92. The van der Waals surface area contributed by atoms with Gasteiger partial charge in [0, 0.05) is 12.3 Å². The smallest absolute Gasteiger partial charge is 0.150 e. The minimum absolute atomic E-state index is 0.162. The summed E-state index contributed by atoms with van der Waals surface area (Å²) in [6.07, 6.45) is 0.521. The molecule has 0 aliphatic rings. The lowest BCUT2D eigenvalue weighted by atomic mass is 10.3. The first-order chi connectivity index (χ1) is 8.35. The average molecular weight is 331 g/mol. The monoisotopic (exact) mass is 329 g/mol. The van der Waals surface area contributed by atoms with E-state index in [9.17, 15) is 8.42 Å². The largest absolute Gasteiger partial charge is 0.384 e. The van der Waals surface area contributed by atoms with Crippen molar-refractivity contribution in [2.45, 2.75) is 13.3 Å². The molecule has 0 saturated heterocycles. The minimum atomic E-state index is -2.92. The van der Waals surface area contributed by atoms with Crippen LogP contribution in [0, 0.1) is 0 Å². The van der Waals surface area contributed by atoms with Gasteiger partial charge < -0.3 is 5.32 Å². The second-order valence-corrected chi connectivity index (χ2v) is 7.46. The Morgan fingerprint density at radius 3 is 2.33 bits per heavy atom. The molecule has 102 valence electrons. The van der Waals surface area contributed by atoms with Gasteiger partial charge >= 0.3 is 0 Å². The van der Waals surface area contributed by atoms with Crippen LogP contribution in [0.15, 0.2) is 12.1 Å². The topological polar surface area (TPSA) is 46.2 Å². The van der Waals surface area contributed by atoms with Crippen molar-refractivity contribution >= 4 is 50.3 Å². The zero-order chi connectivity index (χ0) is 13.8. The highest BCUT2D eigenvalue weighted by Crippen LogP contribution is 2.32. The maximum atomic E-state index is 11.3. The van der Waals surface area contributed by atoms with E-state index in [0.717, 1.165) is 0 Å². The van der Waals surface area contributed by atoms with Crippen molar-refractivity contribution in [2.75, 3.05) is 23.4 Å². The van der Waals surface area contributed by atoms with Gasteiger partial charge in [-0.05, 0) is 18.6 Å². The molecule has 0 fully saturated rings. The standard InChI is InChI=1S/C11H14Cl3NO2S/c1-2-18(16,17)5-3-4-15-11-7-9(13)8(12)6-10(11)14/h6-7,15H,2-5H2,1H3. The van der Waals surface area contributed by atoms with Crippen LogP contribution in [-0.4, -0.2) is 26.5 Å². The Kier molecular flexibility index (Phi) is 6.05. The molecule has 0 saturated carbocycles. The molecule has 3 nitrogen and oxygen atoms in total. The first kappa shape index (κ1) is 15.9. The SMILES string of the molecule is CCS(=O)(=O)CCCNc1cc(Cl)c(Cl)cc1Cl. The van der Waals surface area contributed by atoms with Crippen LogP contribution < -0.4 is 5.32 Å². The molecule has 7 heteroatoms. The van der Waals surface area contributed by atoms with Crippen molar-refractivity contribution in [3.63, 3.8) is 0 Å². The fourth-order valence-corrected chi connectivity index (χ4v) is 2.80. The summed E-state index contributed by atoms with van der Waals surface area (Å²) in [4.78, 5) is 0. The number of sulfone groups is 1. The summed E-state index contributed by atoms with van der Waals surface area (Å²) in [6, 6.07) is 3.18. The molecule has 0 aliphatic carbocycles. The van der Waals surface area contributed by atoms with E-state index in [1.807, 2.05) is 0 Å². The Labute approximate surface area is 122 Å². The highest BCUT2D eigenvalue weighted by atomic mass is 35.5. The van der Waals surface area contributed by atoms with Crippen LogP contribution in [0.2, 0.25) is 15.1 Å². The van der Waals surface area contributed by atoms with Gasteiger partial charge in [0.15, 0.2) is 0 Å². The summed E-state index contributed by atoms with van der Waals surface area (Å²) in [5.74, 6) is 0.329. The number of nitrogens with one attached hydrogen (secondary N) is 1. The van der Waals surface area contributed by atoms with Gasteiger partial charge in [0.25, 0.3) is 0 Å². The molecule has 0 aliphatic heterocycles. The number of benzene rings is 1. The van der Waals surface area contributed by atoms with Gasteiger partial charge in [-0.15, -0.1) is 0 Å². The van der Waals surface area contributed by atoms with Crippen LogP contribution in [0.25, 0.3) is 0 Å². The molecule has 1 aromatic rings. The van der Waals surface area contributed by atoms with Gasteiger partial charge in [-0.2, -0.15) is 0 Å². The van der Waals surface area contributed by atoms with E-state index < -0.39 is 9.84 Å². The molecule has 0 bridgehead atoms.